The van der Waals surface area contributed by atoms with Gasteiger partial charge in [-0.15, -0.1) is 11.6 Å². The highest BCUT2D eigenvalue weighted by atomic mass is 35.5. The lowest BCUT2D eigenvalue weighted by Gasteiger charge is -1.98. The van der Waals surface area contributed by atoms with Gasteiger partial charge in [-0.25, -0.2) is 4.39 Å². The van der Waals surface area contributed by atoms with Gasteiger partial charge in [0.05, 0.1) is 16.6 Å². The third kappa shape index (κ3) is 2.13. The highest BCUT2D eigenvalue weighted by Gasteiger charge is 2.10. The normalized spacial score (nSPS) is 10.6. The molecule has 0 N–H and O–H groups in total. The first-order valence-corrected chi connectivity index (χ1v) is 5.09. The number of nitrogens with zero attached hydrogens (tertiary/aromatic N) is 1. The molecule has 0 radical (unpaired) electrons. The second-order valence-corrected chi connectivity index (χ2v) is 3.61. The molecule has 0 amide bonds. The summed E-state index contributed by atoms with van der Waals surface area (Å²) in [5.41, 5.74) is 1.22. The van der Waals surface area contributed by atoms with Crippen molar-refractivity contribution in [2.45, 2.75) is 5.88 Å². The van der Waals surface area contributed by atoms with Gasteiger partial charge in [0.15, 0.2) is 5.76 Å². The van der Waals surface area contributed by atoms with Gasteiger partial charge in [-0.05, 0) is 18.2 Å². The molecule has 1 aromatic carbocycles. The monoisotopic (exact) mass is 245 g/mol. The first-order valence-electron chi connectivity index (χ1n) is 4.17. The summed E-state index contributed by atoms with van der Waals surface area (Å²) in [5, 5.41) is 4.00. The molecule has 0 spiro atoms. The summed E-state index contributed by atoms with van der Waals surface area (Å²) < 4.78 is 17.8. The van der Waals surface area contributed by atoms with Crippen LogP contribution < -0.4 is 0 Å². The van der Waals surface area contributed by atoms with E-state index >= 15 is 0 Å². The van der Waals surface area contributed by atoms with E-state index < -0.39 is 0 Å². The lowest BCUT2D eigenvalue weighted by atomic mass is 10.1. The predicted molar refractivity (Wildman–Crippen MR) is 56.5 cm³/mol. The topological polar surface area (TPSA) is 26.0 Å². The summed E-state index contributed by atoms with van der Waals surface area (Å²) in [7, 11) is 0. The number of halogens is 3. The standard InChI is InChI=1S/C10H6Cl2FNO/c11-5-7-4-10(15-14-7)8-2-1-6(13)3-9(8)12/h1-4H,5H2. The zero-order valence-corrected chi connectivity index (χ0v) is 9.02. The Morgan fingerprint density at radius 3 is 2.73 bits per heavy atom. The van der Waals surface area contributed by atoms with Gasteiger partial charge in [-0.2, -0.15) is 0 Å². The minimum atomic E-state index is -0.388. The number of aromatic nitrogens is 1. The van der Waals surface area contributed by atoms with E-state index in [1.54, 1.807) is 6.07 Å². The Kier molecular flexibility index (Phi) is 2.93. The number of hydrogen-bond donors (Lipinski definition) is 0. The van der Waals surface area contributed by atoms with Crippen molar-refractivity contribution in [3.05, 3.63) is 40.8 Å². The third-order valence-corrected chi connectivity index (χ3v) is 2.48. The smallest absolute Gasteiger partial charge is 0.168 e. The second-order valence-electron chi connectivity index (χ2n) is 2.94. The van der Waals surface area contributed by atoms with E-state index in [9.17, 15) is 4.39 Å². The Hall–Kier alpha value is -1.06. The molecule has 0 aliphatic heterocycles. The molecule has 2 aromatic rings. The number of hydrogen-bond acceptors (Lipinski definition) is 2. The van der Waals surface area contributed by atoms with Crippen LogP contribution in [0.5, 0.6) is 0 Å². The summed E-state index contributed by atoms with van der Waals surface area (Å²) in [4.78, 5) is 0. The molecular formula is C10H6Cl2FNO. The molecular weight excluding hydrogens is 240 g/mol. The summed E-state index contributed by atoms with van der Waals surface area (Å²) >= 11 is 11.4. The van der Waals surface area contributed by atoms with Gasteiger partial charge >= 0.3 is 0 Å². The maximum atomic E-state index is 12.8. The largest absolute Gasteiger partial charge is 0.356 e. The van der Waals surface area contributed by atoms with E-state index in [1.807, 2.05) is 0 Å². The third-order valence-electron chi connectivity index (χ3n) is 1.89. The van der Waals surface area contributed by atoms with Crippen molar-refractivity contribution in [1.29, 1.82) is 0 Å². The Morgan fingerprint density at radius 2 is 2.13 bits per heavy atom. The van der Waals surface area contributed by atoms with Crippen LogP contribution in [0.4, 0.5) is 4.39 Å². The van der Waals surface area contributed by atoms with Crippen LogP contribution in [0.1, 0.15) is 5.69 Å². The van der Waals surface area contributed by atoms with Crippen molar-refractivity contribution in [2.24, 2.45) is 0 Å². The average molecular weight is 246 g/mol. The minimum absolute atomic E-state index is 0.266. The van der Waals surface area contributed by atoms with Crippen LogP contribution in [0.25, 0.3) is 11.3 Å². The highest BCUT2D eigenvalue weighted by Crippen LogP contribution is 2.29. The highest BCUT2D eigenvalue weighted by molar-refractivity contribution is 6.33. The predicted octanol–water partition coefficient (Wildman–Crippen LogP) is 3.87. The van der Waals surface area contributed by atoms with Crippen LogP contribution in [-0.2, 0) is 5.88 Å². The van der Waals surface area contributed by atoms with Crippen molar-refractivity contribution < 1.29 is 8.91 Å². The summed E-state index contributed by atoms with van der Waals surface area (Å²) in [5.74, 6) is 0.360. The maximum absolute atomic E-state index is 12.8. The van der Waals surface area contributed by atoms with E-state index in [-0.39, 0.29) is 16.7 Å². The van der Waals surface area contributed by atoms with Gasteiger partial charge in [0.25, 0.3) is 0 Å². The van der Waals surface area contributed by atoms with Crippen LogP contribution in [0.2, 0.25) is 5.02 Å². The van der Waals surface area contributed by atoms with Crippen molar-refractivity contribution in [3.63, 3.8) is 0 Å². The fraction of sp³-hybridized carbons (Fsp3) is 0.100. The van der Waals surface area contributed by atoms with Gasteiger partial charge in [-0.3, -0.25) is 0 Å². The molecule has 0 bridgehead atoms. The van der Waals surface area contributed by atoms with Crippen LogP contribution >= 0.6 is 23.2 Å². The van der Waals surface area contributed by atoms with E-state index in [0.29, 0.717) is 17.0 Å². The lowest BCUT2D eigenvalue weighted by Crippen LogP contribution is -1.79. The molecule has 0 aliphatic carbocycles. The zero-order chi connectivity index (χ0) is 10.8. The minimum Gasteiger partial charge on any atom is -0.356 e. The van der Waals surface area contributed by atoms with Gasteiger partial charge < -0.3 is 4.52 Å². The first kappa shape index (κ1) is 10.5. The molecule has 0 saturated carbocycles. The quantitative estimate of drug-likeness (QED) is 0.751. The Bertz CT molecular complexity index is 484. The van der Waals surface area contributed by atoms with E-state index in [0.717, 1.165) is 0 Å². The number of rotatable bonds is 2. The molecule has 1 heterocycles. The maximum Gasteiger partial charge on any atom is 0.168 e. The molecule has 15 heavy (non-hydrogen) atoms. The van der Waals surface area contributed by atoms with Gasteiger partial charge in [0.2, 0.25) is 0 Å². The summed E-state index contributed by atoms with van der Waals surface area (Å²) in [6, 6.07) is 5.74. The van der Waals surface area contributed by atoms with Gasteiger partial charge in [0.1, 0.15) is 5.82 Å². The van der Waals surface area contributed by atoms with Crippen molar-refractivity contribution in [1.82, 2.24) is 5.16 Å². The average Bonchev–Trinajstić information content (AvgIpc) is 2.66. The lowest BCUT2D eigenvalue weighted by molar-refractivity contribution is 0.426. The Morgan fingerprint density at radius 1 is 1.33 bits per heavy atom. The molecule has 2 nitrogen and oxygen atoms in total. The fourth-order valence-electron chi connectivity index (χ4n) is 1.19. The summed E-state index contributed by atoms with van der Waals surface area (Å²) in [6.45, 7) is 0. The molecule has 2 rings (SSSR count). The van der Waals surface area contributed by atoms with Crippen LogP contribution in [0.15, 0.2) is 28.8 Å². The van der Waals surface area contributed by atoms with Crippen LogP contribution in [0, 0.1) is 5.82 Å². The molecule has 0 unspecified atom stereocenters. The molecule has 78 valence electrons. The van der Waals surface area contributed by atoms with Crippen molar-refractivity contribution in [3.8, 4) is 11.3 Å². The van der Waals surface area contributed by atoms with Gasteiger partial charge in [-0.1, -0.05) is 16.8 Å². The second kappa shape index (κ2) is 4.21. The molecule has 0 saturated heterocycles. The van der Waals surface area contributed by atoms with Gasteiger partial charge in [0, 0.05) is 11.6 Å². The SMILES string of the molecule is Fc1ccc(-c2cc(CCl)no2)c(Cl)c1. The Balaban J connectivity index is 2.44. The number of benzene rings is 1. The van der Waals surface area contributed by atoms with Crippen LogP contribution in [-0.4, -0.2) is 5.16 Å². The number of alkyl halides is 1. The van der Waals surface area contributed by atoms with E-state index in [2.05, 4.69) is 5.16 Å². The van der Waals surface area contributed by atoms with Crippen molar-refractivity contribution >= 4 is 23.2 Å². The molecule has 1 aromatic heterocycles. The molecule has 0 aliphatic rings. The van der Waals surface area contributed by atoms with Crippen molar-refractivity contribution in [2.75, 3.05) is 0 Å². The molecule has 0 fully saturated rings. The Labute approximate surface area is 95.6 Å². The fourth-order valence-corrected chi connectivity index (χ4v) is 1.58. The zero-order valence-electron chi connectivity index (χ0n) is 7.51. The van der Waals surface area contributed by atoms with Crippen LogP contribution in [0.3, 0.4) is 0 Å². The molecule has 0 atom stereocenters. The first-order chi connectivity index (χ1) is 7.20. The van der Waals surface area contributed by atoms with E-state index in [4.69, 9.17) is 27.7 Å². The van der Waals surface area contributed by atoms with E-state index in [1.165, 1.54) is 18.2 Å². The summed E-state index contributed by atoms with van der Waals surface area (Å²) in [6.07, 6.45) is 0. The molecule has 5 heteroatoms.